The number of amides is 1. The molecule has 0 unspecified atom stereocenters. The first kappa shape index (κ1) is 18.6. The van der Waals surface area contributed by atoms with Crippen LogP contribution in [0, 0.1) is 10.1 Å². The molecule has 1 N–H and O–H groups in total. The molecule has 2 rings (SSSR count). The summed E-state index contributed by atoms with van der Waals surface area (Å²) in [4.78, 5) is 34.9. The largest absolute Gasteiger partial charge is 0.465 e. The number of hydrogen-bond acceptors (Lipinski definition) is 6. The molecule has 0 aliphatic carbocycles. The number of rotatable bonds is 4. The van der Waals surface area contributed by atoms with E-state index >= 15 is 0 Å². The van der Waals surface area contributed by atoms with E-state index < -0.39 is 22.2 Å². The predicted octanol–water partition coefficient (Wildman–Crippen LogP) is 3.99. The van der Waals surface area contributed by atoms with E-state index in [4.69, 9.17) is 0 Å². The summed E-state index contributed by atoms with van der Waals surface area (Å²) in [6, 6.07) is 5.91. The summed E-state index contributed by atoms with van der Waals surface area (Å²) in [6.45, 7) is 5.59. The van der Waals surface area contributed by atoms with E-state index in [1.165, 1.54) is 36.6 Å². The van der Waals surface area contributed by atoms with Crippen LogP contribution in [0.25, 0.3) is 0 Å². The number of nitro benzene ring substituents is 1. The number of benzene rings is 1. The highest BCUT2D eigenvalue weighted by atomic mass is 32.1. The Morgan fingerprint density at radius 1 is 1.24 bits per heavy atom. The Hall–Kier alpha value is -2.74. The average molecular weight is 362 g/mol. The Bertz CT molecular complexity index is 836. The van der Waals surface area contributed by atoms with Crippen molar-refractivity contribution in [3.05, 3.63) is 56.5 Å². The van der Waals surface area contributed by atoms with Crippen LogP contribution in [0.1, 0.15) is 47.1 Å². The number of ether oxygens (including phenoxy) is 1. The van der Waals surface area contributed by atoms with Gasteiger partial charge < -0.3 is 10.1 Å². The number of nitrogens with one attached hydrogen (secondary N) is 1. The van der Waals surface area contributed by atoms with E-state index in [-0.39, 0.29) is 16.8 Å². The molecule has 8 heteroatoms. The van der Waals surface area contributed by atoms with Crippen LogP contribution in [0.2, 0.25) is 0 Å². The number of carbonyl (C=O) groups is 2. The second-order valence-electron chi connectivity index (χ2n) is 6.35. The first-order valence-electron chi connectivity index (χ1n) is 7.41. The second kappa shape index (κ2) is 7.02. The van der Waals surface area contributed by atoms with E-state index in [0.29, 0.717) is 10.6 Å². The molecule has 0 spiro atoms. The van der Waals surface area contributed by atoms with E-state index in [1.807, 2.05) is 20.8 Å². The van der Waals surface area contributed by atoms with Crippen LogP contribution in [0.3, 0.4) is 0 Å². The van der Waals surface area contributed by atoms with Crippen molar-refractivity contribution in [2.45, 2.75) is 26.2 Å². The van der Waals surface area contributed by atoms with Crippen LogP contribution in [0.15, 0.2) is 29.6 Å². The summed E-state index contributed by atoms with van der Waals surface area (Å²) in [5.41, 5.74) is 0.383. The topological polar surface area (TPSA) is 98.5 Å². The molecule has 1 aromatic carbocycles. The lowest BCUT2D eigenvalue weighted by Gasteiger charge is -2.19. The van der Waals surface area contributed by atoms with Crippen molar-refractivity contribution in [3.63, 3.8) is 0 Å². The van der Waals surface area contributed by atoms with Gasteiger partial charge in [-0.1, -0.05) is 26.8 Å². The van der Waals surface area contributed by atoms with Gasteiger partial charge in [-0.15, -0.1) is 11.3 Å². The standard InChI is InChI=1S/C17H18N2O5S/c1-17(2,3)12-6-5-10(9-13(12)19(22)23)14(20)18-15-11(7-8-25-15)16(21)24-4/h5-9H,1-4H3,(H,18,20). The summed E-state index contributed by atoms with van der Waals surface area (Å²) in [6.07, 6.45) is 0. The molecular formula is C17H18N2O5S. The first-order valence-corrected chi connectivity index (χ1v) is 8.29. The fourth-order valence-corrected chi connectivity index (χ4v) is 3.08. The maximum atomic E-state index is 12.4. The van der Waals surface area contributed by atoms with Crippen molar-refractivity contribution in [1.29, 1.82) is 0 Å². The molecule has 25 heavy (non-hydrogen) atoms. The molecule has 132 valence electrons. The van der Waals surface area contributed by atoms with E-state index in [0.717, 1.165) is 0 Å². The highest BCUT2D eigenvalue weighted by Gasteiger charge is 2.26. The number of thiophene rings is 1. The van der Waals surface area contributed by atoms with Crippen molar-refractivity contribution in [3.8, 4) is 0 Å². The molecule has 0 saturated carbocycles. The van der Waals surface area contributed by atoms with Crippen LogP contribution < -0.4 is 5.32 Å². The summed E-state index contributed by atoms with van der Waals surface area (Å²) in [7, 11) is 1.25. The first-order chi connectivity index (χ1) is 11.6. The highest BCUT2D eigenvalue weighted by Crippen LogP contribution is 2.32. The van der Waals surface area contributed by atoms with Crippen LogP contribution in [-0.2, 0) is 10.2 Å². The molecule has 1 aromatic heterocycles. The van der Waals surface area contributed by atoms with Crippen molar-refractivity contribution >= 4 is 33.9 Å². The highest BCUT2D eigenvalue weighted by molar-refractivity contribution is 7.14. The summed E-state index contributed by atoms with van der Waals surface area (Å²) >= 11 is 1.17. The normalized spacial score (nSPS) is 11.0. The summed E-state index contributed by atoms with van der Waals surface area (Å²) in [5, 5.41) is 15.9. The SMILES string of the molecule is COC(=O)c1ccsc1NC(=O)c1ccc(C(C)(C)C)c([N+](=O)[O-])c1. The van der Waals surface area contributed by atoms with Gasteiger partial charge >= 0.3 is 5.97 Å². The third-order valence-corrected chi connectivity index (χ3v) is 4.39. The van der Waals surface area contributed by atoms with Gasteiger partial charge in [-0.25, -0.2) is 4.79 Å². The van der Waals surface area contributed by atoms with Gasteiger partial charge in [0.2, 0.25) is 0 Å². The Morgan fingerprint density at radius 2 is 1.92 bits per heavy atom. The van der Waals surface area contributed by atoms with Crippen molar-refractivity contribution in [2.75, 3.05) is 12.4 Å². The Kier molecular flexibility index (Phi) is 5.22. The predicted molar refractivity (Wildman–Crippen MR) is 95.4 cm³/mol. The second-order valence-corrected chi connectivity index (χ2v) is 7.26. The number of methoxy groups -OCH3 is 1. The zero-order valence-corrected chi connectivity index (χ0v) is 15.1. The molecule has 0 saturated heterocycles. The smallest absolute Gasteiger partial charge is 0.340 e. The zero-order valence-electron chi connectivity index (χ0n) is 14.3. The number of nitrogens with zero attached hydrogens (tertiary/aromatic N) is 1. The summed E-state index contributed by atoms with van der Waals surface area (Å²) < 4.78 is 4.65. The summed E-state index contributed by atoms with van der Waals surface area (Å²) in [5.74, 6) is -1.10. The maximum Gasteiger partial charge on any atom is 0.340 e. The minimum absolute atomic E-state index is 0.112. The minimum Gasteiger partial charge on any atom is -0.465 e. The Morgan fingerprint density at radius 3 is 2.48 bits per heavy atom. The molecule has 0 atom stereocenters. The molecule has 0 aliphatic heterocycles. The van der Waals surface area contributed by atoms with Gasteiger partial charge in [-0.2, -0.15) is 0 Å². The Labute approximate surface area is 148 Å². The van der Waals surface area contributed by atoms with Gasteiger partial charge in [0.05, 0.1) is 17.6 Å². The van der Waals surface area contributed by atoms with E-state index in [1.54, 1.807) is 11.4 Å². The van der Waals surface area contributed by atoms with E-state index in [2.05, 4.69) is 10.1 Å². The monoisotopic (exact) mass is 362 g/mol. The van der Waals surface area contributed by atoms with Crippen molar-refractivity contribution < 1.29 is 19.2 Å². The number of anilines is 1. The van der Waals surface area contributed by atoms with Gasteiger partial charge in [0.25, 0.3) is 11.6 Å². The number of hydrogen-bond donors (Lipinski definition) is 1. The molecule has 0 radical (unpaired) electrons. The van der Waals surface area contributed by atoms with Crippen LogP contribution in [0.5, 0.6) is 0 Å². The van der Waals surface area contributed by atoms with Gasteiger partial charge in [0.1, 0.15) is 5.00 Å². The molecular weight excluding hydrogens is 344 g/mol. The third kappa shape index (κ3) is 4.03. The van der Waals surface area contributed by atoms with Crippen molar-refractivity contribution in [2.24, 2.45) is 0 Å². The van der Waals surface area contributed by atoms with Crippen molar-refractivity contribution in [1.82, 2.24) is 0 Å². The average Bonchev–Trinajstić information content (AvgIpc) is 3.00. The minimum atomic E-state index is -0.564. The lowest BCUT2D eigenvalue weighted by Crippen LogP contribution is -2.17. The lowest BCUT2D eigenvalue weighted by atomic mass is 9.85. The quantitative estimate of drug-likeness (QED) is 0.504. The fourth-order valence-electron chi connectivity index (χ4n) is 2.31. The molecule has 0 bridgehead atoms. The fraction of sp³-hybridized carbons (Fsp3) is 0.294. The van der Waals surface area contributed by atoms with Gasteiger partial charge in [-0.3, -0.25) is 14.9 Å². The van der Waals surface area contributed by atoms with Crippen LogP contribution >= 0.6 is 11.3 Å². The van der Waals surface area contributed by atoms with Gasteiger partial charge in [-0.05, 0) is 22.9 Å². The Balaban J connectivity index is 2.35. The molecule has 0 fully saturated rings. The number of esters is 1. The molecule has 1 amide bonds. The van der Waals surface area contributed by atoms with Crippen LogP contribution in [0.4, 0.5) is 10.7 Å². The third-order valence-electron chi connectivity index (χ3n) is 3.56. The zero-order chi connectivity index (χ0) is 18.8. The lowest BCUT2D eigenvalue weighted by molar-refractivity contribution is -0.386. The van der Waals surface area contributed by atoms with E-state index in [9.17, 15) is 19.7 Å². The molecule has 0 aliphatic rings. The van der Waals surface area contributed by atoms with Gasteiger partial charge in [0, 0.05) is 17.2 Å². The maximum absolute atomic E-state index is 12.4. The van der Waals surface area contributed by atoms with Crippen LogP contribution in [-0.4, -0.2) is 23.9 Å². The molecule has 1 heterocycles. The number of nitro groups is 1. The van der Waals surface area contributed by atoms with Gasteiger partial charge in [0.15, 0.2) is 0 Å². The number of carbonyl (C=O) groups excluding carboxylic acids is 2. The molecule has 2 aromatic rings. The molecule has 7 nitrogen and oxygen atoms in total.